The maximum atomic E-state index is 11.2. The summed E-state index contributed by atoms with van der Waals surface area (Å²) in [6.07, 6.45) is 1.63. The van der Waals surface area contributed by atoms with Crippen LogP contribution in [0.25, 0.3) is 0 Å². The van der Waals surface area contributed by atoms with E-state index < -0.39 is 5.97 Å². The van der Waals surface area contributed by atoms with Crippen molar-refractivity contribution in [1.29, 1.82) is 0 Å². The third kappa shape index (κ3) is 10.7. The third-order valence-electron chi connectivity index (χ3n) is 2.04. The molecule has 98 valence electrons. The molecule has 6 nitrogen and oxygen atoms in total. The van der Waals surface area contributed by atoms with Gasteiger partial charge in [-0.1, -0.05) is 6.92 Å². The van der Waals surface area contributed by atoms with E-state index in [4.69, 9.17) is 5.11 Å². The summed E-state index contributed by atoms with van der Waals surface area (Å²) >= 11 is 0. The Morgan fingerprint density at radius 1 is 0.941 bits per heavy atom. The van der Waals surface area contributed by atoms with Crippen LogP contribution < -0.4 is 10.6 Å². The normalized spacial score (nSPS) is 9.71. The molecule has 0 aromatic carbocycles. The highest BCUT2D eigenvalue weighted by atomic mass is 16.4. The topological polar surface area (TPSA) is 95.5 Å². The van der Waals surface area contributed by atoms with Crippen LogP contribution in [0.15, 0.2) is 0 Å². The van der Waals surface area contributed by atoms with Crippen molar-refractivity contribution in [3.63, 3.8) is 0 Å². The predicted molar refractivity (Wildman–Crippen MR) is 62.4 cm³/mol. The average Bonchev–Trinajstić information content (AvgIpc) is 2.29. The summed E-state index contributed by atoms with van der Waals surface area (Å²) in [5.74, 6) is -1.23. The van der Waals surface area contributed by atoms with Crippen LogP contribution in [-0.2, 0) is 14.4 Å². The standard InChI is InChI=1S/C11H20N2O4/c1-2-7-12-9(14)5-6-10(15)13-8-3-4-11(16)17/h2-8H2,1H3,(H,12,14)(H,13,15)(H,16,17). The average molecular weight is 244 g/mol. The van der Waals surface area contributed by atoms with Crippen LogP contribution in [0, 0.1) is 0 Å². The highest BCUT2D eigenvalue weighted by Crippen LogP contribution is 1.91. The minimum Gasteiger partial charge on any atom is -0.481 e. The van der Waals surface area contributed by atoms with Crippen LogP contribution >= 0.6 is 0 Å². The molecule has 0 spiro atoms. The molecular formula is C11H20N2O4. The molecule has 0 rings (SSSR count). The largest absolute Gasteiger partial charge is 0.481 e. The van der Waals surface area contributed by atoms with Crippen molar-refractivity contribution >= 4 is 17.8 Å². The zero-order chi connectivity index (χ0) is 13.1. The molecule has 0 aromatic heterocycles. The molecule has 6 heteroatoms. The number of carboxylic acid groups (broad SMARTS) is 1. The first-order valence-electron chi connectivity index (χ1n) is 5.81. The van der Waals surface area contributed by atoms with E-state index in [9.17, 15) is 14.4 Å². The van der Waals surface area contributed by atoms with Crippen LogP contribution in [0.3, 0.4) is 0 Å². The SMILES string of the molecule is CCCNC(=O)CCC(=O)NCCCC(=O)O. The second-order valence-corrected chi connectivity index (χ2v) is 3.70. The van der Waals surface area contributed by atoms with E-state index in [1.165, 1.54) is 0 Å². The highest BCUT2D eigenvalue weighted by Gasteiger charge is 2.05. The van der Waals surface area contributed by atoms with Gasteiger partial charge < -0.3 is 15.7 Å². The Morgan fingerprint density at radius 2 is 1.47 bits per heavy atom. The fraction of sp³-hybridized carbons (Fsp3) is 0.727. The molecule has 3 N–H and O–H groups in total. The van der Waals surface area contributed by atoms with Gasteiger partial charge in [-0.3, -0.25) is 14.4 Å². The Morgan fingerprint density at radius 3 is 1.94 bits per heavy atom. The second kappa shape index (κ2) is 9.62. The third-order valence-corrected chi connectivity index (χ3v) is 2.04. The zero-order valence-electron chi connectivity index (χ0n) is 10.1. The Bertz CT molecular complexity index is 266. The molecular weight excluding hydrogens is 224 g/mol. The maximum Gasteiger partial charge on any atom is 0.303 e. The van der Waals surface area contributed by atoms with Crippen molar-refractivity contribution < 1.29 is 19.5 Å². The first kappa shape index (κ1) is 15.4. The number of carboxylic acids is 1. The molecule has 0 heterocycles. The number of aliphatic carboxylic acids is 1. The van der Waals surface area contributed by atoms with Crippen molar-refractivity contribution in [2.75, 3.05) is 13.1 Å². The monoisotopic (exact) mass is 244 g/mol. The molecule has 0 saturated carbocycles. The van der Waals surface area contributed by atoms with E-state index in [0.29, 0.717) is 19.5 Å². The molecule has 0 aliphatic rings. The number of hydrogen-bond donors (Lipinski definition) is 3. The quantitative estimate of drug-likeness (QED) is 0.507. The molecule has 0 unspecified atom stereocenters. The lowest BCUT2D eigenvalue weighted by Crippen LogP contribution is -2.28. The molecule has 0 aliphatic carbocycles. The summed E-state index contributed by atoms with van der Waals surface area (Å²) in [6, 6.07) is 0. The summed E-state index contributed by atoms with van der Waals surface area (Å²) in [6.45, 7) is 2.91. The van der Waals surface area contributed by atoms with Gasteiger partial charge in [0.25, 0.3) is 0 Å². The lowest BCUT2D eigenvalue weighted by atomic mass is 10.2. The highest BCUT2D eigenvalue weighted by molar-refractivity contribution is 5.83. The molecule has 17 heavy (non-hydrogen) atoms. The Kier molecular flexibility index (Phi) is 8.72. The van der Waals surface area contributed by atoms with Gasteiger partial charge in [0.05, 0.1) is 0 Å². The molecule has 0 aliphatic heterocycles. The van der Waals surface area contributed by atoms with Gasteiger partial charge in [-0.05, 0) is 12.8 Å². The summed E-state index contributed by atoms with van der Waals surface area (Å²) in [5, 5.41) is 13.6. The molecule has 0 saturated heterocycles. The Balaban J connectivity index is 3.46. The molecule has 2 amide bonds. The molecule has 0 fully saturated rings. The van der Waals surface area contributed by atoms with E-state index in [1.807, 2.05) is 6.92 Å². The predicted octanol–water partition coefficient (Wildman–Crippen LogP) is 0.274. The van der Waals surface area contributed by atoms with Gasteiger partial charge in [-0.25, -0.2) is 0 Å². The van der Waals surface area contributed by atoms with Crippen molar-refractivity contribution in [3.8, 4) is 0 Å². The first-order valence-corrected chi connectivity index (χ1v) is 5.81. The van der Waals surface area contributed by atoms with E-state index in [1.54, 1.807) is 0 Å². The van der Waals surface area contributed by atoms with Crippen molar-refractivity contribution in [2.45, 2.75) is 39.0 Å². The van der Waals surface area contributed by atoms with Crippen molar-refractivity contribution in [3.05, 3.63) is 0 Å². The molecule has 0 atom stereocenters. The van der Waals surface area contributed by atoms with E-state index in [2.05, 4.69) is 10.6 Å². The van der Waals surface area contributed by atoms with Gasteiger partial charge in [-0.2, -0.15) is 0 Å². The van der Waals surface area contributed by atoms with E-state index >= 15 is 0 Å². The van der Waals surface area contributed by atoms with Gasteiger partial charge in [-0.15, -0.1) is 0 Å². The lowest BCUT2D eigenvalue weighted by Gasteiger charge is -2.04. The number of nitrogens with one attached hydrogen (secondary N) is 2. The Hall–Kier alpha value is -1.59. The van der Waals surface area contributed by atoms with Crippen LogP contribution in [-0.4, -0.2) is 36.0 Å². The fourth-order valence-corrected chi connectivity index (χ4v) is 1.14. The smallest absolute Gasteiger partial charge is 0.303 e. The number of hydrogen-bond acceptors (Lipinski definition) is 3. The number of carbonyl (C=O) groups is 3. The Labute approximate surface area is 101 Å². The van der Waals surface area contributed by atoms with Crippen LogP contribution in [0.4, 0.5) is 0 Å². The van der Waals surface area contributed by atoms with Gasteiger partial charge in [0.1, 0.15) is 0 Å². The van der Waals surface area contributed by atoms with Gasteiger partial charge >= 0.3 is 5.97 Å². The first-order chi connectivity index (χ1) is 8.06. The molecule has 0 radical (unpaired) electrons. The van der Waals surface area contributed by atoms with Crippen LogP contribution in [0.1, 0.15) is 39.0 Å². The lowest BCUT2D eigenvalue weighted by molar-refractivity contribution is -0.137. The number of rotatable bonds is 9. The zero-order valence-corrected chi connectivity index (χ0v) is 10.1. The van der Waals surface area contributed by atoms with Crippen LogP contribution in [0.2, 0.25) is 0 Å². The van der Waals surface area contributed by atoms with Gasteiger partial charge in [0.2, 0.25) is 11.8 Å². The number of carbonyl (C=O) groups excluding carboxylic acids is 2. The summed E-state index contributed by atoms with van der Waals surface area (Å²) in [5.41, 5.74) is 0. The summed E-state index contributed by atoms with van der Waals surface area (Å²) in [7, 11) is 0. The second-order valence-electron chi connectivity index (χ2n) is 3.70. The maximum absolute atomic E-state index is 11.2. The van der Waals surface area contributed by atoms with Crippen LogP contribution in [0.5, 0.6) is 0 Å². The minimum atomic E-state index is -0.877. The van der Waals surface area contributed by atoms with Gasteiger partial charge in [0, 0.05) is 32.4 Å². The molecule has 0 aromatic rings. The summed E-state index contributed by atoms with van der Waals surface area (Å²) < 4.78 is 0. The molecule has 0 bridgehead atoms. The van der Waals surface area contributed by atoms with E-state index in [-0.39, 0.29) is 31.1 Å². The summed E-state index contributed by atoms with van der Waals surface area (Å²) in [4.78, 5) is 32.6. The van der Waals surface area contributed by atoms with E-state index in [0.717, 1.165) is 6.42 Å². The number of amides is 2. The fourth-order valence-electron chi connectivity index (χ4n) is 1.14. The van der Waals surface area contributed by atoms with Gasteiger partial charge in [0.15, 0.2) is 0 Å². The van der Waals surface area contributed by atoms with Crippen molar-refractivity contribution in [2.24, 2.45) is 0 Å². The van der Waals surface area contributed by atoms with Crippen molar-refractivity contribution in [1.82, 2.24) is 10.6 Å². The minimum absolute atomic E-state index is 0.0390.